The standard InChI is InChI=1S/C16H22F3N3O.C13H16F3N3O/c1-15(2,22-12-6-4-3-5-7-12)14(23)21-13-9-8-11(10-20-13)16(17,18)19;1-12(2,19-6-3-7-19)11(20)18-10-5-4-9(8-17-10)13(14,15)16/h8-10,12,22H,3-7H2,1-2H3,(H,20,21,23);4-5,8H,3,6-7H2,1-2H3,(H,17,18,20). The maximum Gasteiger partial charge on any atom is 0.417 e. The van der Waals surface area contributed by atoms with Crippen LogP contribution in [0.3, 0.4) is 0 Å². The molecular weight excluding hydrogens is 578 g/mol. The lowest BCUT2D eigenvalue weighted by atomic mass is 9.92. The molecule has 3 N–H and O–H groups in total. The van der Waals surface area contributed by atoms with Crippen LogP contribution in [0.2, 0.25) is 0 Å². The van der Waals surface area contributed by atoms with Crippen molar-refractivity contribution in [3.8, 4) is 0 Å². The first-order valence-corrected chi connectivity index (χ1v) is 14.1. The Morgan fingerprint density at radius 3 is 1.56 bits per heavy atom. The van der Waals surface area contributed by atoms with E-state index in [-0.39, 0.29) is 23.5 Å². The van der Waals surface area contributed by atoms with E-state index in [1.54, 1.807) is 27.7 Å². The maximum absolute atomic E-state index is 12.5. The highest BCUT2D eigenvalue weighted by Crippen LogP contribution is 2.30. The molecule has 43 heavy (non-hydrogen) atoms. The number of hydrogen-bond acceptors (Lipinski definition) is 6. The van der Waals surface area contributed by atoms with E-state index in [1.807, 2.05) is 4.90 Å². The zero-order chi connectivity index (χ0) is 32.1. The number of halogens is 6. The molecule has 2 aliphatic rings. The number of rotatable bonds is 7. The molecule has 1 saturated carbocycles. The van der Waals surface area contributed by atoms with E-state index in [0.717, 1.165) is 75.7 Å². The van der Waals surface area contributed by atoms with Crippen molar-refractivity contribution in [2.45, 2.75) is 95.7 Å². The van der Waals surface area contributed by atoms with Crippen LogP contribution in [0, 0.1) is 0 Å². The van der Waals surface area contributed by atoms with Gasteiger partial charge in [-0.1, -0.05) is 19.3 Å². The van der Waals surface area contributed by atoms with E-state index in [0.29, 0.717) is 12.2 Å². The molecule has 1 saturated heterocycles. The number of nitrogens with zero attached hydrogens (tertiary/aromatic N) is 3. The highest BCUT2D eigenvalue weighted by atomic mass is 19.4. The second-order valence-corrected chi connectivity index (χ2v) is 11.8. The monoisotopic (exact) mass is 616 g/mol. The first-order valence-electron chi connectivity index (χ1n) is 14.1. The lowest BCUT2D eigenvalue weighted by Crippen LogP contribution is -2.58. The molecule has 2 fully saturated rings. The van der Waals surface area contributed by atoms with Crippen LogP contribution in [0.1, 0.15) is 77.3 Å². The number of anilines is 2. The predicted molar refractivity (Wildman–Crippen MR) is 150 cm³/mol. The molecule has 0 aromatic carbocycles. The number of nitrogens with one attached hydrogen (secondary N) is 3. The van der Waals surface area contributed by atoms with Crippen LogP contribution in [0.4, 0.5) is 38.0 Å². The van der Waals surface area contributed by atoms with Crippen molar-refractivity contribution in [2.75, 3.05) is 23.7 Å². The molecular formula is C29H38F6N6O2. The Kier molecular flexibility index (Phi) is 10.8. The first-order chi connectivity index (χ1) is 19.9. The van der Waals surface area contributed by atoms with Gasteiger partial charge in [0.25, 0.3) is 0 Å². The fraction of sp³-hybridized carbons (Fsp3) is 0.586. The van der Waals surface area contributed by atoms with E-state index in [9.17, 15) is 35.9 Å². The van der Waals surface area contributed by atoms with Gasteiger partial charge in [-0.3, -0.25) is 14.5 Å². The summed E-state index contributed by atoms with van der Waals surface area (Å²) < 4.78 is 74.7. The van der Waals surface area contributed by atoms with Gasteiger partial charge in [0.2, 0.25) is 11.8 Å². The van der Waals surface area contributed by atoms with Crippen LogP contribution in [0.25, 0.3) is 0 Å². The smallest absolute Gasteiger partial charge is 0.309 e. The fourth-order valence-electron chi connectivity index (χ4n) is 4.65. The lowest BCUT2D eigenvalue weighted by Gasteiger charge is -2.43. The zero-order valence-corrected chi connectivity index (χ0v) is 24.6. The van der Waals surface area contributed by atoms with Crippen LogP contribution in [-0.4, -0.2) is 56.9 Å². The van der Waals surface area contributed by atoms with Gasteiger partial charge in [0.15, 0.2) is 0 Å². The Morgan fingerprint density at radius 2 is 1.19 bits per heavy atom. The first kappa shape index (κ1) is 34.2. The second-order valence-electron chi connectivity index (χ2n) is 11.8. The molecule has 0 spiro atoms. The molecule has 0 radical (unpaired) electrons. The summed E-state index contributed by atoms with van der Waals surface area (Å²) in [5, 5.41) is 8.45. The average Bonchev–Trinajstić information content (AvgIpc) is 2.87. The Labute approximate surface area is 247 Å². The van der Waals surface area contributed by atoms with Gasteiger partial charge >= 0.3 is 12.4 Å². The Balaban J connectivity index is 0.000000238. The Morgan fingerprint density at radius 1 is 0.721 bits per heavy atom. The minimum Gasteiger partial charge on any atom is -0.309 e. The second kappa shape index (κ2) is 13.6. The fourth-order valence-corrected chi connectivity index (χ4v) is 4.65. The normalized spacial score (nSPS) is 16.9. The van der Waals surface area contributed by atoms with Crippen LogP contribution < -0.4 is 16.0 Å². The average molecular weight is 617 g/mol. The van der Waals surface area contributed by atoms with E-state index in [4.69, 9.17) is 0 Å². The van der Waals surface area contributed by atoms with E-state index in [2.05, 4.69) is 25.9 Å². The molecule has 0 atom stereocenters. The molecule has 2 amide bonds. The van der Waals surface area contributed by atoms with Crippen molar-refractivity contribution in [3.63, 3.8) is 0 Å². The molecule has 1 aliphatic heterocycles. The summed E-state index contributed by atoms with van der Waals surface area (Å²) in [4.78, 5) is 33.8. The molecule has 14 heteroatoms. The zero-order valence-electron chi connectivity index (χ0n) is 24.6. The third-order valence-corrected chi connectivity index (χ3v) is 7.60. The number of amides is 2. The highest BCUT2D eigenvalue weighted by molar-refractivity contribution is 5.97. The van der Waals surface area contributed by atoms with Crippen LogP contribution in [0.15, 0.2) is 36.7 Å². The number of carbonyl (C=O) groups excluding carboxylic acids is 2. The maximum atomic E-state index is 12.5. The molecule has 3 heterocycles. The van der Waals surface area contributed by atoms with E-state index < -0.39 is 34.6 Å². The lowest BCUT2D eigenvalue weighted by molar-refractivity contribution is -0.138. The third-order valence-electron chi connectivity index (χ3n) is 7.60. The summed E-state index contributed by atoms with van der Waals surface area (Å²) in [6.45, 7) is 8.79. The van der Waals surface area contributed by atoms with Gasteiger partial charge in [0.1, 0.15) is 11.6 Å². The van der Waals surface area contributed by atoms with Gasteiger partial charge in [0.05, 0.1) is 22.2 Å². The van der Waals surface area contributed by atoms with Gasteiger partial charge in [-0.05, 0) is 71.2 Å². The minimum absolute atomic E-state index is 0.113. The topological polar surface area (TPSA) is 99.3 Å². The molecule has 0 bridgehead atoms. The summed E-state index contributed by atoms with van der Waals surface area (Å²) in [7, 11) is 0. The van der Waals surface area contributed by atoms with E-state index in [1.165, 1.54) is 6.42 Å². The van der Waals surface area contributed by atoms with Gasteiger partial charge in [-0.15, -0.1) is 0 Å². The van der Waals surface area contributed by atoms with Crippen LogP contribution >= 0.6 is 0 Å². The summed E-state index contributed by atoms with van der Waals surface area (Å²) in [6, 6.07) is 4.43. The molecule has 238 valence electrons. The van der Waals surface area contributed by atoms with Gasteiger partial charge in [-0.2, -0.15) is 26.3 Å². The molecule has 8 nitrogen and oxygen atoms in total. The number of likely N-dealkylation sites (tertiary alicyclic amines) is 1. The van der Waals surface area contributed by atoms with Gasteiger partial charge in [0, 0.05) is 31.5 Å². The van der Waals surface area contributed by atoms with Crippen molar-refractivity contribution in [3.05, 3.63) is 47.8 Å². The van der Waals surface area contributed by atoms with Crippen molar-refractivity contribution in [1.82, 2.24) is 20.2 Å². The predicted octanol–water partition coefficient (Wildman–Crippen LogP) is 6.26. The molecule has 1 aliphatic carbocycles. The molecule has 0 unspecified atom stereocenters. The Bertz CT molecular complexity index is 1220. The number of hydrogen-bond donors (Lipinski definition) is 3. The molecule has 2 aromatic rings. The van der Waals surface area contributed by atoms with E-state index >= 15 is 0 Å². The molecule has 4 rings (SSSR count). The number of aromatic nitrogens is 2. The quantitative estimate of drug-likeness (QED) is 0.318. The largest absolute Gasteiger partial charge is 0.417 e. The van der Waals surface area contributed by atoms with Gasteiger partial charge < -0.3 is 16.0 Å². The Hall–Kier alpha value is -3.26. The van der Waals surface area contributed by atoms with Crippen LogP contribution in [0.5, 0.6) is 0 Å². The number of alkyl halides is 6. The third kappa shape index (κ3) is 9.62. The highest BCUT2D eigenvalue weighted by Gasteiger charge is 2.38. The van der Waals surface area contributed by atoms with Crippen molar-refractivity contribution in [2.24, 2.45) is 0 Å². The summed E-state index contributed by atoms with van der Waals surface area (Å²) in [5.74, 6) is -0.349. The number of carbonyl (C=O) groups is 2. The SMILES string of the molecule is CC(C)(C(=O)Nc1ccc(C(F)(F)F)cn1)N1CCC1.CC(C)(NC1CCCCC1)C(=O)Nc1ccc(C(F)(F)F)cn1. The summed E-state index contributed by atoms with van der Waals surface area (Å²) in [6.07, 6.45) is -0.779. The van der Waals surface area contributed by atoms with Crippen molar-refractivity contribution in [1.29, 1.82) is 0 Å². The molecule has 2 aromatic heterocycles. The summed E-state index contributed by atoms with van der Waals surface area (Å²) in [5.41, 5.74) is -3.18. The van der Waals surface area contributed by atoms with Crippen molar-refractivity contribution < 1.29 is 35.9 Å². The van der Waals surface area contributed by atoms with Gasteiger partial charge in [-0.25, -0.2) is 9.97 Å². The number of pyridine rings is 2. The van der Waals surface area contributed by atoms with Crippen molar-refractivity contribution >= 4 is 23.5 Å². The summed E-state index contributed by atoms with van der Waals surface area (Å²) >= 11 is 0. The minimum atomic E-state index is -4.43. The van der Waals surface area contributed by atoms with Crippen LogP contribution in [-0.2, 0) is 21.9 Å².